The largest absolute Gasteiger partial charge is 0.468 e. The Bertz CT molecular complexity index is 768. The molecule has 0 spiro atoms. The fourth-order valence-electron chi connectivity index (χ4n) is 6.50. The number of aliphatic hydroxyl groups excluding tert-OH is 2. The summed E-state index contributed by atoms with van der Waals surface area (Å²) in [5.41, 5.74) is -0.979. The fraction of sp³-hybridized carbons (Fsp3) is 0.684. The lowest BCUT2D eigenvalue weighted by Gasteiger charge is -2.65. The molecule has 0 amide bonds. The maximum absolute atomic E-state index is 12.6. The number of rotatable bonds is 0. The van der Waals surface area contributed by atoms with E-state index in [0.717, 1.165) is 0 Å². The normalized spacial score (nSPS) is 48.2. The van der Waals surface area contributed by atoms with Crippen LogP contribution in [-0.2, 0) is 9.53 Å². The first-order valence-electron chi connectivity index (χ1n) is 9.03. The lowest BCUT2D eigenvalue weighted by atomic mass is 9.41. The van der Waals surface area contributed by atoms with Crippen LogP contribution in [0, 0.1) is 22.7 Å². The maximum atomic E-state index is 12.6. The van der Waals surface area contributed by atoms with E-state index in [4.69, 9.17) is 9.15 Å². The third-order valence-corrected chi connectivity index (χ3v) is 7.59. The van der Waals surface area contributed by atoms with Gasteiger partial charge in [0.2, 0.25) is 0 Å². The molecule has 3 aliphatic carbocycles. The van der Waals surface area contributed by atoms with Crippen molar-refractivity contribution in [2.75, 3.05) is 6.61 Å². The molecule has 0 radical (unpaired) electrons. The third-order valence-electron chi connectivity index (χ3n) is 7.59. The number of ketones is 1. The zero-order valence-corrected chi connectivity index (χ0v) is 14.1. The zero-order valence-electron chi connectivity index (χ0n) is 14.1. The van der Waals surface area contributed by atoms with Crippen molar-refractivity contribution in [2.24, 2.45) is 22.7 Å². The topological polar surface area (TPSA) is 97.0 Å². The van der Waals surface area contributed by atoms with Crippen LogP contribution in [0.5, 0.6) is 0 Å². The summed E-state index contributed by atoms with van der Waals surface area (Å²) in [7, 11) is 0. The second-order valence-corrected chi connectivity index (χ2v) is 8.47. The second-order valence-electron chi connectivity index (χ2n) is 8.47. The number of carbonyl (C=O) groups excluding carboxylic acids is 2. The molecular formula is C19H22O6. The van der Waals surface area contributed by atoms with E-state index >= 15 is 0 Å². The average molecular weight is 346 g/mol. The van der Waals surface area contributed by atoms with Crippen molar-refractivity contribution in [1.82, 2.24) is 0 Å². The van der Waals surface area contributed by atoms with E-state index in [1.54, 1.807) is 13.0 Å². The Morgan fingerprint density at radius 3 is 2.88 bits per heavy atom. The zero-order chi connectivity index (χ0) is 17.6. The van der Waals surface area contributed by atoms with Gasteiger partial charge >= 0.3 is 5.97 Å². The van der Waals surface area contributed by atoms with Gasteiger partial charge in [-0.25, -0.2) is 0 Å². The Hall–Kier alpha value is -1.66. The Morgan fingerprint density at radius 2 is 2.08 bits per heavy atom. The number of esters is 1. The quantitative estimate of drug-likeness (QED) is 0.694. The molecule has 1 aromatic rings. The standard InChI is InChI=1S/C19H22O6/c1-18-14(22)2-4-19(8-25-17(18)23)11-7-12(20)9-3-5-24-15(9)10(11)6-13(21)16(18)19/h3,5,10-11,13-14,16,21-22H,2,4,6-8H2,1H3/t10-,11-,13-,14+,16+,18?,19+/m1/s1. The maximum Gasteiger partial charge on any atom is 0.314 e. The van der Waals surface area contributed by atoms with Crippen LogP contribution in [-0.4, -0.2) is 40.8 Å². The predicted molar refractivity (Wildman–Crippen MR) is 84.7 cm³/mol. The molecule has 5 rings (SSSR count). The van der Waals surface area contributed by atoms with E-state index in [1.807, 2.05) is 0 Å². The van der Waals surface area contributed by atoms with E-state index in [0.29, 0.717) is 37.0 Å². The van der Waals surface area contributed by atoms with Crippen LogP contribution >= 0.6 is 0 Å². The van der Waals surface area contributed by atoms with E-state index in [9.17, 15) is 19.8 Å². The Labute approximate surface area is 145 Å². The molecule has 7 atom stereocenters. The summed E-state index contributed by atoms with van der Waals surface area (Å²) in [5.74, 6) is -0.191. The number of ether oxygens (including phenoxy) is 1. The van der Waals surface area contributed by atoms with Crippen molar-refractivity contribution in [2.45, 2.75) is 50.7 Å². The van der Waals surface area contributed by atoms with Gasteiger partial charge in [0.25, 0.3) is 0 Å². The van der Waals surface area contributed by atoms with E-state index in [1.165, 1.54) is 6.26 Å². The molecule has 1 unspecified atom stereocenters. The van der Waals surface area contributed by atoms with E-state index < -0.39 is 34.9 Å². The highest BCUT2D eigenvalue weighted by Crippen LogP contribution is 2.67. The Morgan fingerprint density at radius 1 is 1.28 bits per heavy atom. The predicted octanol–water partition coefficient (Wildman–Crippen LogP) is 1.65. The lowest BCUT2D eigenvalue weighted by molar-refractivity contribution is -0.257. The lowest BCUT2D eigenvalue weighted by Crippen LogP contribution is -2.70. The molecule has 0 aromatic carbocycles. The molecule has 2 N–H and O–H groups in total. The van der Waals surface area contributed by atoms with Gasteiger partial charge in [-0.05, 0) is 38.2 Å². The van der Waals surface area contributed by atoms with Gasteiger partial charge in [0, 0.05) is 23.7 Å². The number of carbonyl (C=O) groups is 2. The molecular weight excluding hydrogens is 324 g/mol. The van der Waals surface area contributed by atoms with Crippen LogP contribution in [0.2, 0.25) is 0 Å². The minimum atomic E-state index is -1.12. The van der Waals surface area contributed by atoms with Crippen molar-refractivity contribution >= 4 is 11.8 Å². The average Bonchev–Trinajstić information content (AvgIpc) is 3.07. The van der Waals surface area contributed by atoms with Gasteiger partial charge < -0.3 is 19.4 Å². The molecule has 2 saturated carbocycles. The summed E-state index contributed by atoms with van der Waals surface area (Å²) >= 11 is 0. The first kappa shape index (κ1) is 15.6. The number of fused-ring (bicyclic) bond motifs is 3. The molecule has 2 bridgehead atoms. The van der Waals surface area contributed by atoms with E-state index in [2.05, 4.69) is 0 Å². The molecule has 2 heterocycles. The number of hydrogen-bond donors (Lipinski definition) is 2. The molecule has 134 valence electrons. The van der Waals surface area contributed by atoms with Crippen LogP contribution in [0.15, 0.2) is 16.7 Å². The van der Waals surface area contributed by atoms with Crippen LogP contribution in [0.1, 0.15) is 54.6 Å². The van der Waals surface area contributed by atoms with Gasteiger partial charge in [-0.2, -0.15) is 0 Å². The van der Waals surface area contributed by atoms with Gasteiger partial charge in [0.1, 0.15) is 5.76 Å². The molecule has 1 aromatic heterocycles. The Kier molecular flexibility index (Phi) is 2.95. The first-order chi connectivity index (χ1) is 11.9. The van der Waals surface area contributed by atoms with Gasteiger partial charge in [0.15, 0.2) is 5.78 Å². The summed E-state index contributed by atoms with van der Waals surface area (Å²) < 4.78 is 11.2. The number of aliphatic hydroxyl groups is 2. The molecule has 1 aliphatic heterocycles. The summed E-state index contributed by atoms with van der Waals surface area (Å²) in [6.07, 6.45) is 1.92. The van der Waals surface area contributed by atoms with Crippen molar-refractivity contribution in [3.05, 3.63) is 23.7 Å². The molecule has 6 nitrogen and oxygen atoms in total. The monoisotopic (exact) mass is 346 g/mol. The second kappa shape index (κ2) is 4.74. The number of hydrogen-bond acceptors (Lipinski definition) is 6. The van der Waals surface area contributed by atoms with Crippen LogP contribution < -0.4 is 0 Å². The smallest absolute Gasteiger partial charge is 0.314 e. The van der Waals surface area contributed by atoms with Crippen molar-refractivity contribution in [3.8, 4) is 0 Å². The molecule has 3 fully saturated rings. The Balaban J connectivity index is 1.68. The molecule has 4 aliphatic rings. The number of Topliss-reactive ketones (excluding diaryl/α,β-unsaturated/α-hetero) is 1. The van der Waals surface area contributed by atoms with E-state index in [-0.39, 0.29) is 24.2 Å². The van der Waals surface area contributed by atoms with Gasteiger partial charge in [-0.1, -0.05) is 0 Å². The SMILES string of the molecule is CC12C(=O)OC[C@@]3(CC[C@@H]1O)[C@@H]1CC(=O)c4ccoc4[C@@H]1C[C@@H](O)[C@@H]23. The van der Waals surface area contributed by atoms with Gasteiger partial charge in [-0.3, -0.25) is 9.59 Å². The van der Waals surface area contributed by atoms with Crippen molar-refractivity contribution < 1.29 is 29.0 Å². The first-order valence-corrected chi connectivity index (χ1v) is 9.03. The summed E-state index contributed by atoms with van der Waals surface area (Å²) in [5, 5.41) is 21.6. The van der Waals surface area contributed by atoms with Gasteiger partial charge in [-0.15, -0.1) is 0 Å². The third kappa shape index (κ3) is 1.67. The summed E-state index contributed by atoms with van der Waals surface area (Å²) in [6, 6.07) is 1.71. The minimum absolute atomic E-state index is 0.0352. The number of furan rings is 1. The fourth-order valence-corrected chi connectivity index (χ4v) is 6.50. The van der Waals surface area contributed by atoms with Crippen molar-refractivity contribution in [3.63, 3.8) is 0 Å². The minimum Gasteiger partial charge on any atom is -0.468 e. The highest BCUT2D eigenvalue weighted by atomic mass is 16.5. The molecule has 25 heavy (non-hydrogen) atoms. The van der Waals surface area contributed by atoms with Crippen LogP contribution in [0.25, 0.3) is 0 Å². The van der Waals surface area contributed by atoms with Gasteiger partial charge in [0.05, 0.1) is 36.1 Å². The summed E-state index contributed by atoms with van der Waals surface area (Å²) in [6.45, 7) is 1.92. The molecule has 1 saturated heterocycles. The van der Waals surface area contributed by atoms with Crippen LogP contribution in [0.3, 0.4) is 0 Å². The van der Waals surface area contributed by atoms with Crippen LogP contribution in [0.4, 0.5) is 0 Å². The molecule has 6 heteroatoms. The highest BCUT2D eigenvalue weighted by Gasteiger charge is 2.71. The van der Waals surface area contributed by atoms with Crippen molar-refractivity contribution in [1.29, 1.82) is 0 Å². The summed E-state index contributed by atoms with van der Waals surface area (Å²) in [4.78, 5) is 25.2. The number of cyclic esters (lactones) is 1. The highest BCUT2D eigenvalue weighted by molar-refractivity contribution is 5.98.